The highest BCUT2D eigenvalue weighted by Gasteiger charge is 2.05. The second-order valence-electron chi connectivity index (χ2n) is 3.65. The van der Waals surface area contributed by atoms with Crippen LogP contribution >= 0.6 is 28.3 Å². The lowest BCUT2D eigenvalue weighted by Crippen LogP contribution is -1.79. The second kappa shape index (κ2) is 5.89. The number of benzene rings is 1. The van der Waals surface area contributed by atoms with Crippen molar-refractivity contribution in [2.75, 3.05) is 0 Å². The summed E-state index contributed by atoms with van der Waals surface area (Å²) < 4.78 is 0. The highest BCUT2D eigenvalue weighted by molar-refractivity contribution is 8.93. The maximum atomic E-state index is 4.63. The summed E-state index contributed by atoms with van der Waals surface area (Å²) in [6.45, 7) is 0. The molecule has 0 saturated heterocycles. The van der Waals surface area contributed by atoms with E-state index < -0.39 is 0 Å². The monoisotopic (exact) mass is 318 g/mol. The molecule has 2 aromatic heterocycles. The molecule has 0 radical (unpaired) electrons. The molecule has 0 N–H and O–H groups in total. The average Bonchev–Trinajstić information content (AvgIpc) is 2.90. The van der Waals surface area contributed by atoms with Gasteiger partial charge in [0, 0.05) is 28.9 Å². The Kier molecular flexibility index (Phi) is 4.23. The molecule has 2 heterocycles. The molecule has 3 aromatic rings. The van der Waals surface area contributed by atoms with E-state index in [-0.39, 0.29) is 17.0 Å². The molecular formula is C14H11BrN2S. The van der Waals surface area contributed by atoms with E-state index in [2.05, 4.69) is 27.5 Å². The molecular weight excluding hydrogens is 308 g/mol. The molecule has 0 aliphatic heterocycles. The van der Waals surface area contributed by atoms with Crippen LogP contribution in [0, 0.1) is 0 Å². The number of nitrogens with zero attached hydrogens (tertiary/aromatic N) is 2. The normalized spacial score (nSPS) is 9.78. The van der Waals surface area contributed by atoms with E-state index in [1.54, 1.807) is 17.5 Å². The topological polar surface area (TPSA) is 25.8 Å². The van der Waals surface area contributed by atoms with E-state index in [4.69, 9.17) is 0 Å². The maximum Gasteiger partial charge on any atom is 0.125 e. The molecule has 0 fully saturated rings. The molecule has 0 unspecified atom stereocenters. The van der Waals surface area contributed by atoms with Crippen LogP contribution in [0.5, 0.6) is 0 Å². The van der Waals surface area contributed by atoms with Crippen molar-refractivity contribution in [2.45, 2.75) is 0 Å². The molecule has 18 heavy (non-hydrogen) atoms. The minimum absolute atomic E-state index is 0. The van der Waals surface area contributed by atoms with Crippen LogP contribution < -0.4 is 0 Å². The quantitative estimate of drug-likeness (QED) is 0.697. The fourth-order valence-corrected chi connectivity index (χ4v) is 2.46. The van der Waals surface area contributed by atoms with Crippen LogP contribution in [0.1, 0.15) is 0 Å². The first-order chi connectivity index (χ1) is 8.43. The lowest BCUT2D eigenvalue weighted by Gasteiger charge is -1.95. The van der Waals surface area contributed by atoms with Crippen molar-refractivity contribution in [1.29, 1.82) is 0 Å². The molecule has 0 aliphatic carbocycles. The van der Waals surface area contributed by atoms with Gasteiger partial charge in [-0.3, -0.25) is 4.98 Å². The van der Waals surface area contributed by atoms with Gasteiger partial charge in [-0.15, -0.1) is 28.3 Å². The predicted octanol–water partition coefficient (Wildman–Crippen LogP) is 4.45. The maximum absolute atomic E-state index is 4.63. The summed E-state index contributed by atoms with van der Waals surface area (Å²) in [5, 5.41) is 3.09. The smallest absolute Gasteiger partial charge is 0.125 e. The summed E-state index contributed by atoms with van der Waals surface area (Å²) in [5.74, 6) is 0. The molecule has 0 saturated carbocycles. The number of halogens is 1. The number of aromatic nitrogens is 2. The zero-order chi connectivity index (χ0) is 11.5. The summed E-state index contributed by atoms with van der Waals surface area (Å²) in [6, 6.07) is 14.2. The lowest BCUT2D eigenvalue weighted by atomic mass is 10.2. The Balaban J connectivity index is 0.00000120. The molecule has 0 spiro atoms. The molecule has 0 amide bonds. The van der Waals surface area contributed by atoms with Gasteiger partial charge in [0.05, 0.1) is 5.69 Å². The Morgan fingerprint density at radius 1 is 0.889 bits per heavy atom. The summed E-state index contributed by atoms with van der Waals surface area (Å²) in [6.07, 6.45) is 3.61. The van der Waals surface area contributed by atoms with E-state index >= 15 is 0 Å². The Morgan fingerprint density at radius 2 is 1.67 bits per heavy atom. The fourth-order valence-electron chi connectivity index (χ4n) is 1.64. The van der Waals surface area contributed by atoms with E-state index in [1.165, 1.54) is 0 Å². The number of hydrogen-bond acceptors (Lipinski definition) is 3. The van der Waals surface area contributed by atoms with Gasteiger partial charge in [-0.25, -0.2) is 4.98 Å². The number of thiazole rings is 1. The zero-order valence-corrected chi connectivity index (χ0v) is 12.0. The molecule has 2 nitrogen and oxygen atoms in total. The van der Waals surface area contributed by atoms with Crippen LogP contribution in [0.3, 0.4) is 0 Å². The summed E-state index contributed by atoms with van der Waals surface area (Å²) in [7, 11) is 0. The largest absolute Gasteiger partial charge is 0.264 e. The van der Waals surface area contributed by atoms with Gasteiger partial charge in [0.25, 0.3) is 0 Å². The van der Waals surface area contributed by atoms with Crippen molar-refractivity contribution in [3.63, 3.8) is 0 Å². The lowest BCUT2D eigenvalue weighted by molar-refractivity contribution is 1.31. The first kappa shape index (κ1) is 12.9. The van der Waals surface area contributed by atoms with E-state index in [0.29, 0.717) is 0 Å². The Hall–Kier alpha value is -1.52. The van der Waals surface area contributed by atoms with Crippen LogP contribution in [0.15, 0.2) is 60.2 Å². The van der Waals surface area contributed by atoms with Crippen LogP contribution in [-0.2, 0) is 0 Å². The molecule has 90 valence electrons. The van der Waals surface area contributed by atoms with Crippen molar-refractivity contribution < 1.29 is 0 Å². The molecule has 0 atom stereocenters. The van der Waals surface area contributed by atoms with Crippen molar-refractivity contribution in [3.05, 3.63) is 60.2 Å². The SMILES string of the molecule is Br.c1ccc(-c2csc(-c3cccnc3)n2)cc1. The number of hydrogen-bond donors (Lipinski definition) is 0. The van der Waals surface area contributed by atoms with E-state index in [1.807, 2.05) is 36.5 Å². The van der Waals surface area contributed by atoms with Gasteiger partial charge < -0.3 is 0 Å². The van der Waals surface area contributed by atoms with Gasteiger partial charge in [0.2, 0.25) is 0 Å². The third-order valence-corrected chi connectivity index (χ3v) is 3.37. The first-order valence-electron chi connectivity index (χ1n) is 5.35. The van der Waals surface area contributed by atoms with Crippen LogP contribution in [-0.4, -0.2) is 9.97 Å². The van der Waals surface area contributed by atoms with Gasteiger partial charge >= 0.3 is 0 Å². The van der Waals surface area contributed by atoms with Crippen molar-refractivity contribution in [2.24, 2.45) is 0 Å². The van der Waals surface area contributed by atoms with Gasteiger partial charge in [-0.1, -0.05) is 30.3 Å². The summed E-state index contributed by atoms with van der Waals surface area (Å²) in [5.41, 5.74) is 3.24. The number of rotatable bonds is 2. The molecule has 4 heteroatoms. The Bertz CT molecular complexity index is 554. The minimum atomic E-state index is 0. The van der Waals surface area contributed by atoms with Crippen molar-refractivity contribution in [3.8, 4) is 21.8 Å². The van der Waals surface area contributed by atoms with Gasteiger partial charge in [-0.05, 0) is 12.1 Å². The van der Waals surface area contributed by atoms with Gasteiger partial charge in [-0.2, -0.15) is 0 Å². The Morgan fingerprint density at radius 3 is 2.39 bits per heavy atom. The van der Waals surface area contributed by atoms with E-state index in [0.717, 1.165) is 21.8 Å². The van der Waals surface area contributed by atoms with Gasteiger partial charge in [0.1, 0.15) is 5.01 Å². The second-order valence-corrected chi connectivity index (χ2v) is 4.50. The van der Waals surface area contributed by atoms with Crippen molar-refractivity contribution >= 4 is 28.3 Å². The summed E-state index contributed by atoms with van der Waals surface area (Å²) in [4.78, 5) is 8.74. The van der Waals surface area contributed by atoms with E-state index in [9.17, 15) is 0 Å². The Labute approximate surface area is 120 Å². The third kappa shape index (κ3) is 2.66. The van der Waals surface area contributed by atoms with Crippen molar-refractivity contribution in [1.82, 2.24) is 9.97 Å². The molecule has 3 rings (SSSR count). The molecule has 0 bridgehead atoms. The van der Waals surface area contributed by atoms with Crippen LogP contribution in [0.2, 0.25) is 0 Å². The van der Waals surface area contributed by atoms with Gasteiger partial charge in [0.15, 0.2) is 0 Å². The predicted molar refractivity (Wildman–Crippen MR) is 81.1 cm³/mol. The fraction of sp³-hybridized carbons (Fsp3) is 0. The third-order valence-electron chi connectivity index (χ3n) is 2.48. The van der Waals surface area contributed by atoms with Crippen LogP contribution in [0.25, 0.3) is 21.8 Å². The molecule has 0 aliphatic rings. The minimum Gasteiger partial charge on any atom is -0.264 e. The zero-order valence-electron chi connectivity index (χ0n) is 9.48. The summed E-state index contributed by atoms with van der Waals surface area (Å²) >= 11 is 1.65. The standard InChI is InChI=1S/C14H10N2S.BrH/c1-2-5-11(6-3-1)13-10-17-14(16-13)12-7-4-8-15-9-12;/h1-10H;1H. The first-order valence-corrected chi connectivity index (χ1v) is 6.23. The molecule has 1 aromatic carbocycles. The highest BCUT2D eigenvalue weighted by Crippen LogP contribution is 2.27. The highest BCUT2D eigenvalue weighted by atomic mass is 79.9. The number of pyridine rings is 1. The average molecular weight is 319 g/mol. The van der Waals surface area contributed by atoms with Crippen LogP contribution in [0.4, 0.5) is 0 Å².